The fourth-order valence-electron chi connectivity index (χ4n) is 2.68. The number of anilines is 1. The molecule has 0 bridgehead atoms. The summed E-state index contributed by atoms with van der Waals surface area (Å²) in [6, 6.07) is 4.40. The number of rotatable bonds is 4. The lowest BCUT2D eigenvalue weighted by Crippen LogP contribution is -2.15. The number of hydrogen-bond donors (Lipinski definition) is 1. The third kappa shape index (κ3) is 5.05. The van der Waals surface area contributed by atoms with Crippen molar-refractivity contribution in [3.8, 4) is 0 Å². The minimum atomic E-state index is -1.59. The Bertz CT molecular complexity index is 858. The van der Waals surface area contributed by atoms with Crippen LogP contribution >= 0.6 is 23.4 Å². The van der Waals surface area contributed by atoms with Crippen LogP contribution in [0.3, 0.4) is 0 Å². The number of allylic oxidation sites excluding steroid dienone is 2. The molecule has 0 saturated carbocycles. The van der Waals surface area contributed by atoms with Crippen LogP contribution in [0.25, 0.3) is 0 Å². The van der Waals surface area contributed by atoms with Crippen LogP contribution in [0, 0.1) is 17.5 Å². The number of carbonyl (C=O) groups is 1. The lowest BCUT2D eigenvalue weighted by Gasteiger charge is -2.14. The summed E-state index contributed by atoms with van der Waals surface area (Å²) in [7, 11) is 0. The average Bonchev–Trinajstić information content (AvgIpc) is 2.90. The molecule has 0 atom stereocenters. The summed E-state index contributed by atoms with van der Waals surface area (Å²) in [5.41, 5.74) is -0.143. The number of benzene rings is 1. The van der Waals surface area contributed by atoms with E-state index < -0.39 is 23.4 Å². The van der Waals surface area contributed by atoms with E-state index >= 15 is 0 Å². The second-order valence-electron chi connectivity index (χ2n) is 6.06. The largest absolute Gasteiger partial charge is 0.320 e. The Morgan fingerprint density at radius 2 is 1.74 bits per heavy atom. The highest BCUT2D eigenvalue weighted by atomic mass is 35.5. The van der Waals surface area contributed by atoms with Crippen molar-refractivity contribution in [2.75, 3.05) is 5.32 Å². The zero-order valence-corrected chi connectivity index (χ0v) is 15.7. The minimum absolute atomic E-state index is 0.0544. The van der Waals surface area contributed by atoms with E-state index in [0.717, 1.165) is 25.7 Å². The molecule has 0 fully saturated rings. The fraction of sp³-hybridized carbons (Fsp3) is 0.263. The van der Waals surface area contributed by atoms with Gasteiger partial charge in [-0.15, -0.1) is 11.8 Å². The Hall–Kier alpha value is -1.99. The zero-order chi connectivity index (χ0) is 19.4. The van der Waals surface area contributed by atoms with Crippen molar-refractivity contribution in [3.63, 3.8) is 0 Å². The lowest BCUT2D eigenvalue weighted by molar-refractivity contribution is 0.102. The number of hydrogen-bond acceptors (Lipinski definition) is 3. The van der Waals surface area contributed by atoms with Crippen LogP contribution in [0.1, 0.15) is 36.2 Å². The topological polar surface area (TPSA) is 42.0 Å². The van der Waals surface area contributed by atoms with Gasteiger partial charge in [0, 0.05) is 23.1 Å². The van der Waals surface area contributed by atoms with E-state index in [9.17, 15) is 18.0 Å². The van der Waals surface area contributed by atoms with Gasteiger partial charge in [-0.05, 0) is 37.8 Å². The summed E-state index contributed by atoms with van der Waals surface area (Å²) in [6.45, 7) is 0. The third-order valence-corrected chi connectivity index (χ3v) is 5.80. The molecule has 1 N–H and O–H groups in total. The van der Waals surface area contributed by atoms with Gasteiger partial charge in [0.1, 0.15) is 10.7 Å². The molecule has 0 aliphatic heterocycles. The monoisotopic (exact) mass is 412 g/mol. The van der Waals surface area contributed by atoms with Crippen molar-refractivity contribution in [3.05, 3.63) is 64.6 Å². The zero-order valence-electron chi connectivity index (χ0n) is 14.1. The van der Waals surface area contributed by atoms with E-state index in [1.807, 2.05) is 0 Å². The molecule has 0 spiro atoms. The van der Waals surface area contributed by atoms with E-state index in [-0.39, 0.29) is 11.4 Å². The molecule has 0 unspecified atom stereocenters. The number of carbonyl (C=O) groups excluding carboxylic acids is 1. The molecule has 142 valence electrons. The molecule has 2 aromatic rings. The van der Waals surface area contributed by atoms with E-state index in [1.165, 1.54) is 17.8 Å². The highest BCUT2D eigenvalue weighted by Gasteiger charge is 2.18. The summed E-state index contributed by atoms with van der Waals surface area (Å²) < 4.78 is 39.6. The predicted octanol–water partition coefficient (Wildman–Crippen LogP) is 6.00. The minimum Gasteiger partial charge on any atom is -0.320 e. The van der Waals surface area contributed by atoms with Crippen LogP contribution in [0.4, 0.5) is 18.9 Å². The van der Waals surface area contributed by atoms with Crippen molar-refractivity contribution in [1.29, 1.82) is 0 Å². The van der Waals surface area contributed by atoms with Gasteiger partial charge in [0.15, 0.2) is 17.5 Å². The SMILES string of the molecule is O=C(Nc1cc(F)c(F)c(F)c1)c1ccc(Cl)c(SC2CCC=CCC2)n1. The third-order valence-electron chi connectivity index (χ3n) is 4.04. The molecule has 1 aromatic heterocycles. The van der Waals surface area contributed by atoms with Crippen LogP contribution in [-0.2, 0) is 0 Å². The van der Waals surface area contributed by atoms with Crippen LogP contribution in [0.5, 0.6) is 0 Å². The van der Waals surface area contributed by atoms with Gasteiger partial charge < -0.3 is 5.32 Å². The standard InChI is InChI=1S/C19H16ClF3N2OS/c20-13-7-8-16(25-19(13)27-12-5-3-1-2-4-6-12)18(26)24-11-9-14(21)17(23)15(22)10-11/h1-2,7-10,12H,3-6H2,(H,24,26). The van der Waals surface area contributed by atoms with Crippen molar-refractivity contribution < 1.29 is 18.0 Å². The second kappa shape index (κ2) is 8.80. The molecule has 0 radical (unpaired) electrons. The number of aromatic nitrogens is 1. The quantitative estimate of drug-likeness (QED) is 0.495. The molecular formula is C19H16ClF3N2OS. The molecule has 1 aliphatic carbocycles. The van der Waals surface area contributed by atoms with E-state index in [2.05, 4.69) is 22.5 Å². The molecule has 27 heavy (non-hydrogen) atoms. The van der Waals surface area contributed by atoms with Crippen molar-refractivity contribution in [2.45, 2.75) is 36.0 Å². The first-order valence-electron chi connectivity index (χ1n) is 8.38. The Morgan fingerprint density at radius 1 is 1.11 bits per heavy atom. The molecule has 8 heteroatoms. The predicted molar refractivity (Wildman–Crippen MR) is 101 cm³/mol. The first kappa shape index (κ1) is 19.8. The number of halogens is 4. The van der Waals surface area contributed by atoms with Crippen LogP contribution in [0.15, 0.2) is 41.4 Å². The van der Waals surface area contributed by atoms with Gasteiger partial charge in [0.2, 0.25) is 0 Å². The number of pyridine rings is 1. The molecule has 1 aromatic carbocycles. The number of thioether (sulfide) groups is 1. The van der Waals surface area contributed by atoms with Gasteiger partial charge in [0.05, 0.1) is 5.02 Å². The van der Waals surface area contributed by atoms with Gasteiger partial charge in [-0.3, -0.25) is 4.79 Å². The van der Waals surface area contributed by atoms with Crippen molar-refractivity contribution in [1.82, 2.24) is 4.98 Å². The normalized spacial score (nSPS) is 14.8. The molecule has 0 saturated heterocycles. The van der Waals surface area contributed by atoms with Crippen molar-refractivity contribution >= 4 is 35.0 Å². The van der Waals surface area contributed by atoms with E-state index in [4.69, 9.17) is 11.6 Å². The molecule has 1 amide bonds. The van der Waals surface area contributed by atoms with Crippen LogP contribution in [0.2, 0.25) is 5.02 Å². The maximum atomic E-state index is 13.3. The number of amides is 1. The lowest BCUT2D eigenvalue weighted by atomic mass is 10.2. The summed E-state index contributed by atoms with van der Waals surface area (Å²) in [5.74, 6) is -5.02. The summed E-state index contributed by atoms with van der Waals surface area (Å²) in [5, 5.41) is 3.63. The Kier molecular flexibility index (Phi) is 6.44. The fourth-order valence-corrected chi connectivity index (χ4v) is 4.07. The molecule has 3 nitrogen and oxygen atoms in total. The van der Waals surface area contributed by atoms with Gasteiger partial charge >= 0.3 is 0 Å². The number of nitrogens with zero attached hydrogens (tertiary/aromatic N) is 1. The first-order chi connectivity index (χ1) is 12.9. The summed E-state index contributed by atoms with van der Waals surface area (Å²) in [4.78, 5) is 16.7. The van der Waals surface area contributed by atoms with Gasteiger partial charge in [-0.25, -0.2) is 18.2 Å². The first-order valence-corrected chi connectivity index (χ1v) is 9.64. The molecule has 1 aliphatic rings. The second-order valence-corrected chi connectivity index (χ2v) is 7.75. The number of nitrogens with one attached hydrogen (secondary N) is 1. The Morgan fingerprint density at radius 3 is 2.37 bits per heavy atom. The van der Waals surface area contributed by atoms with E-state index in [0.29, 0.717) is 27.4 Å². The Balaban J connectivity index is 1.75. The molecular weight excluding hydrogens is 397 g/mol. The van der Waals surface area contributed by atoms with E-state index in [1.54, 1.807) is 6.07 Å². The van der Waals surface area contributed by atoms with Gasteiger partial charge in [-0.2, -0.15) is 0 Å². The van der Waals surface area contributed by atoms with Crippen molar-refractivity contribution in [2.24, 2.45) is 0 Å². The van der Waals surface area contributed by atoms with Crippen LogP contribution < -0.4 is 5.32 Å². The summed E-state index contributed by atoms with van der Waals surface area (Å²) >= 11 is 7.73. The van der Waals surface area contributed by atoms with Crippen LogP contribution in [-0.4, -0.2) is 16.1 Å². The highest BCUT2D eigenvalue weighted by Crippen LogP contribution is 2.34. The maximum absolute atomic E-state index is 13.3. The average molecular weight is 413 g/mol. The summed E-state index contributed by atoms with van der Waals surface area (Å²) in [6.07, 6.45) is 8.25. The highest BCUT2D eigenvalue weighted by molar-refractivity contribution is 8.00. The molecule has 3 rings (SSSR count). The maximum Gasteiger partial charge on any atom is 0.274 e. The van der Waals surface area contributed by atoms with Gasteiger partial charge in [0.25, 0.3) is 5.91 Å². The Labute approximate surface area is 164 Å². The van der Waals surface area contributed by atoms with Gasteiger partial charge in [-0.1, -0.05) is 23.8 Å². The smallest absolute Gasteiger partial charge is 0.274 e. The molecule has 1 heterocycles.